The van der Waals surface area contributed by atoms with Gasteiger partial charge < -0.3 is 29.5 Å². The molecule has 2 aliphatic rings. The Morgan fingerprint density at radius 2 is 1.37 bits per heavy atom. The van der Waals surface area contributed by atoms with Crippen LogP contribution >= 0.6 is 0 Å². The number of fused-ring (bicyclic) bond motifs is 1. The van der Waals surface area contributed by atoms with Gasteiger partial charge in [-0.1, -0.05) is 75.2 Å². The number of cyclic esters (lactones) is 2. The van der Waals surface area contributed by atoms with Gasteiger partial charge in [0, 0.05) is 33.0 Å². The van der Waals surface area contributed by atoms with E-state index >= 15 is 0 Å². The van der Waals surface area contributed by atoms with Crippen LogP contribution in [0.1, 0.15) is 114 Å². The van der Waals surface area contributed by atoms with Gasteiger partial charge in [0.05, 0.1) is 5.92 Å². The summed E-state index contributed by atoms with van der Waals surface area (Å²) < 4.78 is 12.2. The Labute approximate surface area is 306 Å². The molecule has 0 aromatic heterocycles. The molecule has 0 unspecified atom stereocenters. The zero-order valence-corrected chi connectivity index (χ0v) is 32.9. The summed E-state index contributed by atoms with van der Waals surface area (Å²) in [4.78, 5) is 89.0. The van der Waals surface area contributed by atoms with E-state index in [1.165, 1.54) is 28.8 Å². The summed E-state index contributed by atoms with van der Waals surface area (Å²) in [5.74, 6) is -2.94. The number of nitrogens with zero attached hydrogens (tertiary/aromatic N) is 3. The quantitative estimate of drug-likeness (QED) is 0.202. The summed E-state index contributed by atoms with van der Waals surface area (Å²) in [5.41, 5.74) is 0. The number of terminal acetylenes is 1. The number of nitrogens with one attached hydrogen (secondary N) is 1. The largest absolute Gasteiger partial charge is 0.460 e. The van der Waals surface area contributed by atoms with Crippen molar-refractivity contribution in [3.05, 3.63) is 0 Å². The van der Waals surface area contributed by atoms with Gasteiger partial charge >= 0.3 is 11.9 Å². The van der Waals surface area contributed by atoms with E-state index in [2.05, 4.69) is 11.2 Å². The first-order chi connectivity index (χ1) is 24.0. The van der Waals surface area contributed by atoms with Crippen molar-refractivity contribution < 1.29 is 38.2 Å². The fourth-order valence-corrected chi connectivity index (χ4v) is 7.04. The van der Waals surface area contributed by atoms with E-state index in [0.29, 0.717) is 51.4 Å². The van der Waals surface area contributed by atoms with Gasteiger partial charge in [-0.25, -0.2) is 9.59 Å². The Morgan fingerprint density at radius 3 is 1.92 bits per heavy atom. The first-order valence-corrected chi connectivity index (χ1v) is 19.0. The van der Waals surface area contributed by atoms with Gasteiger partial charge in [0.2, 0.25) is 17.7 Å². The molecule has 0 spiro atoms. The second-order valence-corrected chi connectivity index (χ2v) is 15.1. The number of carbonyl (C=O) groups excluding carboxylic acids is 6. The topological polar surface area (TPSA) is 143 Å². The molecule has 2 aliphatic heterocycles. The molecule has 0 aliphatic carbocycles. The molecule has 2 fully saturated rings. The molecule has 0 aromatic rings. The summed E-state index contributed by atoms with van der Waals surface area (Å²) in [6.07, 6.45) is 7.14. The minimum atomic E-state index is -1.20. The Morgan fingerprint density at radius 1 is 0.804 bits per heavy atom. The summed E-state index contributed by atoms with van der Waals surface area (Å²) in [6.45, 7) is 16.7. The van der Waals surface area contributed by atoms with E-state index in [1.54, 1.807) is 20.8 Å². The first-order valence-electron chi connectivity index (χ1n) is 19.0. The Balaban J connectivity index is 2.79. The van der Waals surface area contributed by atoms with Crippen LogP contribution in [0.5, 0.6) is 0 Å². The van der Waals surface area contributed by atoms with Gasteiger partial charge in [0.25, 0.3) is 5.91 Å². The van der Waals surface area contributed by atoms with Crippen LogP contribution in [0.15, 0.2) is 0 Å². The standard InChI is InChI=1S/C39H64N4O8/c1-13-17-18-21-29-27(10)34(44)40-30(24(7)14-2)36(46)42(12)32(25(8)15-3)39(49)51-33(26(9)16-4)37(47)43-22-19-20-28(43)35(45)41(11)31(23(5)6)38(48)50-29/h1,23-33H,14-22H2,2-12H3,(H,40,44)/t24-,25-,26+,27-,28-,29-,30-,31-,32-,33+/m0/s1. The van der Waals surface area contributed by atoms with Gasteiger partial charge in [0.1, 0.15) is 30.3 Å². The molecule has 288 valence electrons. The number of unbranched alkanes of at least 4 members (excludes halogenated alkanes) is 1. The number of rotatable bonds is 10. The van der Waals surface area contributed by atoms with Gasteiger partial charge in [-0.3, -0.25) is 19.2 Å². The molecule has 0 radical (unpaired) electrons. The van der Waals surface area contributed by atoms with Crippen molar-refractivity contribution in [3.63, 3.8) is 0 Å². The lowest BCUT2D eigenvalue weighted by molar-refractivity contribution is -0.172. The van der Waals surface area contributed by atoms with E-state index in [0.717, 1.165) is 0 Å². The van der Waals surface area contributed by atoms with E-state index in [9.17, 15) is 28.8 Å². The number of hydrogen-bond donors (Lipinski definition) is 1. The van der Waals surface area contributed by atoms with Crippen LogP contribution in [-0.4, -0.2) is 107 Å². The molecular weight excluding hydrogens is 652 g/mol. The average molecular weight is 717 g/mol. The van der Waals surface area contributed by atoms with Crippen LogP contribution in [0.3, 0.4) is 0 Å². The van der Waals surface area contributed by atoms with Crippen molar-refractivity contribution in [2.24, 2.45) is 29.6 Å². The maximum Gasteiger partial charge on any atom is 0.329 e. The Bertz CT molecular complexity index is 1280. The second-order valence-electron chi connectivity index (χ2n) is 15.1. The highest BCUT2D eigenvalue weighted by molar-refractivity contribution is 5.95. The molecule has 2 rings (SSSR count). The Hall–Kier alpha value is -3.62. The SMILES string of the molecule is C#CCCC[C@@H]1OC(=O)[C@H](C(C)C)N(C)C(=O)[C@@H]2CCCN2C(=O)[C@@H]([C@H](C)CC)OC(=O)[C@H]([C@@H](C)CC)N(C)C(=O)[C@H]([C@@H](C)CC)NC(=O)[C@H]1C. The summed E-state index contributed by atoms with van der Waals surface area (Å²) >= 11 is 0. The molecule has 0 aromatic carbocycles. The van der Waals surface area contributed by atoms with E-state index in [4.69, 9.17) is 15.9 Å². The van der Waals surface area contributed by atoms with Crippen molar-refractivity contribution in [1.29, 1.82) is 0 Å². The number of esters is 2. The molecule has 0 saturated carbocycles. The lowest BCUT2D eigenvalue weighted by Crippen LogP contribution is -2.58. The maximum absolute atomic E-state index is 14.3. The fourth-order valence-electron chi connectivity index (χ4n) is 7.04. The molecule has 10 atom stereocenters. The van der Waals surface area contributed by atoms with Gasteiger partial charge in [-0.05, 0) is 49.9 Å². The van der Waals surface area contributed by atoms with Crippen LogP contribution in [0, 0.1) is 41.9 Å². The summed E-state index contributed by atoms with van der Waals surface area (Å²) in [5, 5.41) is 2.92. The minimum Gasteiger partial charge on any atom is -0.460 e. The maximum atomic E-state index is 14.3. The predicted octanol–water partition coefficient (Wildman–Crippen LogP) is 4.19. The lowest BCUT2D eigenvalue weighted by Gasteiger charge is -2.37. The zero-order chi connectivity index (χ0) is 38.7. The van der Waals surface area contributed by atoms with Crippen LogP contribution in [0.4, 0.5) is 0 Å². The van der Waals surface area contributed by atoms with E-state index in [1.807, 2.05) is 41.5 Å². The number of amides is 4. The molecule has 2 heterocycles. The number of likely N-dealkylation sites (N-methyl/N-ethyl adjacent to an activating group) is 2. The molecule has 12 heteroatoms. The highest BCUT2D eigenvalue weighted by atomic mass is 16.6. The predicted molar refractivity (Wildman–Crippen MR) is 195 cm³/mol. The van der Waals surface area contributed by atoms with Crippen molar-refractivity contribution in [1.82, 2.24) is 20.0 Å². The molecular formula is C39H64N4O8. The third-order valence-electron chi connectivity index (χ3n) is 11.1. The van der Waals surface area contributed by atoms with Crippen LogP contribution in [-0.2, 0) is 38.2 Å². The molecule has 2 saturated heterocycles. The molecule has 0 bridgehead atoms. The van der Waals surface area contributed by atoms with Crippen LogP contribution in [0.25, 0.3) is 0 Å². The fraction of sp³-hybridized carbons (Fsp3) is 0.795. The average Bonchev–Trinajstić information content (AvgIpc) is 3.60. The van der Waals surface area contributed by atoms with Crippen LogP contribution in [0.2, 0.25) is 0 Å². The van der Waals surface area contributed by atoms with E-state index < -0.39 is 77.9 Å². The van der Waals surface area contributed by atoms with Crippen molar-refractivity contribution in [3.8, 4) is 12.3 Å². The van der Waals surface area contributed by atoms with Gasteiger partial charge in [0.15, 0.2) is 6.10 Å². The Kier molecular flexibility index (Phi) is 16.9. The highest BCUT2D eigenvalue weighted by Crippen LogP contribution is 2.28. The monoisotopic (exact) mass is 716 g/mol. The van der Waals surface area contributed by atoms with Crippen LogP contribution < -0.4 is 5.32 Å². The highest BCUT2D eigenvalue weighted by Gasteiger charge is 2.46. The number of ether oxygens (including phenoxy) is 2. The summed E-state index contributed by atoms with van der Waals surface area (Å²) in [7, 11) is 3.05. The van der Waals surface area contributed by atoms with Crippen molar-refractivity contribution in [2.75, 3.05) is 20.6 Å². The smallest absolute Gasteiger partial charge is 0.329 e. The second kappa shape index (κ2) is 19.8. The third kappa shape index (κ3) is 10.5. The third-order valence-corrected chi connectivity index (χ3v) is 11.1. The summed E-state index contributed by atoms with van der Waals surface area (Å²) in [6, 6.07) is -3.92. The van der Waals surface area contributed by atoms with Crippen molar-refractivity contribution in [2.45, 2.75) is 150 Å². The van der Waals surface area contributed by atoms with Gasteiger partial charge in [-0.15, -0.1) is 12.3 Å². The number of carbonyl (C=O) groups is 6. The minimum absolute atomic E-state index is 0.288. The zero-order valence-electron chi connectivity index (χ0n) is 32.9. The molecule has 51 heavy (non-hydrogen) atoms. The molecule has 4 amide bonds. The molecule has 12 nitrogen and oxygen atoms in total. The van der Waals surface area contributed by atoms with E-state index in [-0.39, 0.29) is 30.2 Å². The molecule has 1 N–H and O–H groups in total. The normalized spacial score (nSPS) is 29.6. The first kappa shape index (κ1) is 43.5. The number of hydrogen-bond acceptors (Lipinski definition) is 8. The lowest BCUT2D eigenvalue weighted by atomic mass is 9.92. The van der Waals surface area contributed by atoms with Crippen molar-refractivity contribution >= 4 is 35.6 Å². The van der Waals surface area contributed by atoms with Gasteiger partial charge in [-0.2, -0.15) is 0 Å².